The minimum Gasteiger partial charge on any atom is -0.392 e. The van der Waals surface area contributed by atoms with Crippen molar-refractivity contribution in [2.24, 2.45) is 0 Å². The zero-order chi connectivity index (χ0) is 21.1. The number of aliphatic hydroxyl groups excluding tert-OH is 1. The van der Waals surface area contributed by atoms with Crippen LogP contribution in [0.25, 0.3) is 0 Å². The zero-order valence-corrected chi connectivity index (χ0v) is 18.6. The van der Waals surface area contributed by atoms with Crippen LogP contribution >= 0.6 is 11.3 Å². The third kappa shape index (κ3) is 4.59. The average Bonchev–Trinajstić information content (AvgIpc) is 3.19. The maximum absolute atomic E-state index is 12.0. The molecule has 0 aromatic carbocycles. The Bertz CT molecular complexity index is 870. The molecule has 0 bridgehead atoms. The summed E-state index contributed by atoms with van der Waals surface area (Å²) in [4.78, 5) is 21.8. The number of hydrogen-bond acceptors (Lipinski definition) is 6. The van der Waals surface area contributed by atoms with Gasteiger partial charge in [0.25, 0.3) is 5.91 Å². The summed E-state index contributed by atoms with van der Waals surface area (Å²) in [7, 11) is 0. The molecular weight excluding hydrogens is 398 g/mol. The molecule has 1 saturated heterocycles. The van der Waals surface area contributed by atoms with Gasteiger partial charge in [-0.15, -0.1) is 11.3 Å². The van der Waals surface area contributed by atoms with Gasteiger partial charge in [-0.05, 0) is 49.4 Å². The first-order valence-electron chi connectivity index (χ1n) is 10.9. The second-order valence-electron chi connectivity index (χ2n) is 8.38. The van der Waals surface area contributed by atoms with Crippen molar-refractivity contribution < 1.29 is 14.6 Å². The molecule has 1 amide bonds. The standard InChI is InChI=1S/C23H31N3O3S/c1-3-18-12-19-21(30-18)6-11-29-23(19)7-9-26(10-8-23)15-17-4-5-20(24-14-17)22(28)25-13-16(2)27/h4-5,12,14,16,27H,3,6-11,13,15H2,1-2H3,(H,25,28). The van der Waals surface area contributed by atoms with Gasteiger partial charge in [-0.1, -0.05) is 13.0 Å². The lowest BCUT2D eigenvalue weighted by molar-refractivity contribution is -0.0981. The lowest BCUT2D eigenvalue weighted by Crippen LogP contribution is -2.45. The van der Waals surface area contributed by atoms with Crippen LogP contribution in [0, 0.1) is 0 Å². The maximum atomic E-state index is 12.0. The fraction of sp³-hybridized carbons (Fsp3) is 0.565. The molecule has 0 radical (unpaired) electrons. The summed E-state index contributed by atoms with van der Waals surface area (Å²) >= 11 is 1.97. The first kappa shape index (κ1) is 21.4. The highest BCUT2D eigenvalue weighted by Gasteiger charge is 2.41. The van der Waals surface area contributed by atoms with E-state index in [1.807, 2.05) is 17.4 Å². The van der Waals surface area contributed by atoms with Gasteiger partial charge in [0.05, 0.1) is 18.3 Å². The van der Waals surface area contributed by atoms with Crippen molar-refractivity contribution in [3.8, 4) is 0 Å². The van der Waals surface area contributed by atoms with E-state index in [1.54, 1.807) is 19.2 Å². The summed E-state index contributed by atoms with van der Waals surface area (Å²) in [6.45, 7) is 7.74. The van der Waals surface area contributed by atoms with E-state index in [0.717, 1.165) is 57.5 Å². The Morgan fingerprint density at radius 3 is 2.87 bits per heavy atom. The Morgan fingerprint density at radius 1 is 1.40 bits per heavy atom. The fourth-order valence-electron chi connectivity index (χ4n) is 4.37. The second kappa shape index (κ2) is 9.14. The lowest BCUT2D eigenvalue weighted by Gasteiger charge is -2.44. The first-order chi connectivity index (χ1) is 14.5. The Morgan fingerprint density at radius 2 is 2.20 bits per heavy atom. The molecule has 0 saturated carbocycles. The normalized spacial score (nSPS) is 19.4. The number of nitrogens with one attached hydrogen (secondary N) is 1. The van der Waals surface area contributed by atoms with Crippen LogP contribution in [0.4, 0.5) is 0 Å². The average molecular weight is 430 g/mol. The monoisotopic (exact) mass is 429 g/mol. The number of pyridine rings is 1. The molecule has 2 aromatic rings. The maximum Gasteiger partial charge on any atom is 0.269 e. The Balaban J connectivity index is 1.34. The van der Waals surface area contributed by atoms with Crippen molar-refractivity contribution in [3.05, 3.63) is 51.0 Å². The third-order valence-electron chi connectivity index (χ3n) is 6.09. The van der Waals surface area contributed by atoms with Gasteiger partial charge < -0.3 is 15.2 Å². The van der Waals surface area contributed by atoms with Crippen LogP contribution in [-0.4, -0.2) is 53.2 Å². The quantitative estimate of drug-likeness (QED) is 0.739. The molecule has 2 N–H and O–H groups in total. The summed E-state index contributed by atoms with van der Waals surface area (Å²) in [5.74, 6) is -0.255. The highest BCUT2D eigenvalue weighted by Crippen LogP contribution is 2.44. The summed E-state index contributed by atoms with van der Waals surface area (Å²) in [6, 6.07) is 6.11. The fourth-order valence-corrected chi connectivity index (χ4v) is 5.55. The number of carbonyl (C=O) groups is 1. The number of hydrogen-bond donors (Lipinski definition) is 2. The summed E-state index contributed by atoms with van der Waals surface area (Å²) in [6.07, 6.45) is 5.40. The van der Waals surface area contributed by atoms with Gasteiger partial charge in [0.15, 0.2) is 0 Å². The van der Waals surface area contributed by atoms with Gasteiger partial charge in [0, 0.05) is 48.6 Å². The van der Waals surface area contributed by atoms with E-state index in [9.17, 15) is 9.90 Å². The van der Waals surface area contributed by atoms with Crippen LogP contribution in [0.1, 0.15) is 58.1 Å². The molecule has 0 aliphatic carbocycles. The number of ether oxygens (including phenoxy) is 1. The number of aliphatic hydroxyl groups is 1. The van der Waals surface area contributed by atoms with Crippen LogP contribution < -0.4 is 5.32 Å². The number of piperidine rings is 1. The number of nitrogens with zero attached hydrogens (tertiary/aromatic N) is 2. The number of fused-ring (bicyclic) bond motifs is 2. The topological polar surface area (TPSA) is 74.7 Å². The van der Waals surface area contributed by atoms with Crippen molar-refractivity contribution in [3.63, 3.8) is 0 Å². The number of amides is 1. The minimum absolute atomic E-state index is 0.0992. The van der Waals surface area contributed by atoms with Gasteiger partial charge in [0.1, 0.15) is 5.69 Å². The van der Waals surface area contributed by atoms with Crippen LogP contribution in [0.15, 0.2) is 24.4 Å². The van der Waals surface area contributed by atoms with Crippen LogP contribution in [0.2, 0.25) is 0 Å². The summed E-state index contributed by atoms with van der Waals surface area (Å²) < 4.78 is 6.38. The second-order valence-corrected chi connectivity index (χ2v) is 9.60. The van der Waals surface area contributed by atoms with Gasteiger partial charge >= 0.3 is 0 Å². The van der Waals surface area contributed by atoms with Crippen LogP contribution in [-0.2, 0) is 29.7 Å². The summed E-state index contributed by atoms with van der Waals surface area (Å²) in [5.41, 5.74) is 2.83. The predicted molar refractivity (Wildman–Crippen MR) is 118 cm³/mol. The number of rotatable bonds is 6. The highest BCUT2D eigenvalue weighted by atomic mass is 32.1. The lowest BCUT2D eigenvalue weighted by atomic mass is 9.82. The molecule has 7 heteroatoms. The minimum atomic E-state index is -0.567. The van der Waals surface area contributed by atoms with E-state index < -0.39 is 6.10 Å². The van der Waals surface area contributed by atoms with E-state index in [4.69, 9.17) is 4.74 Å². The first-order valence-corrected chi connectivity index (χ1v) is 11.7. The largest absolute Gasteiger partial charge is 0.392 e. The Hall–Kier alpha value is -1.80. The number of carbonyl (C=O) groups excluding carboxylic acids is 1. The highest BCUT2D eigenvalue weighted by molar-refractivity contribution is 7.12. The molecule has 4 rings (SSSR count). The Kier molecular flexibility index (Phi) is 6.53. The van der Waals surface area contributed by atoms with Gasteiger partial charge in [-0.3, -0.25) is 14.7 Å². The molecular formula is C23H31N3O3S. The number of likely N-dealkylation sites (tertiary alicyclic amines) is 1. The smallest absolute Gasteiger partial charge is 0.269 e. The molecule has 1 spiro atoms. The van der Waals surface area contributed by atoms with E-state index in [-0.39, 0.29) is 18.1 Å². The molecule has 1 atom stereocenters. The molecule has 2 aliphatic rings. The Labute approximate surface area is 182 Å². The molecule has 2 aromatic heterocycles. The van der Waals surface area contributed by atoms with E-state index in [0.29, 0.717) is 5.69 Å². The van der Waals surface area contributed by atoms with Crippen molar-refractivity contribution in [2.45, 2.75) is 57.8 Å². The van der Waals surface area contributed by atoms with E-state index >= 15 is 0 Å². The molecule has 1 fully saturated rings. The molecule has 162 valence electrons. The van der Waals surface area contributed by atoms with Gasteiger partial charge in [0.2, 0.25) is 0 Å². The van der Waals surface area contributed by atoms with Crippen LogP contribution in [0.3, 0.4) is 0 Å². The van der Waals surface area contributed by atoms with Gasteiger partial charge in [-0.2, -0.15) is 0 Å². The number of aryl methyl sites for hydroxylation is 1. The summed E-state index contributed by atoms with van der Waals surface area (Å²) in [5, 5.41) is 12.0. The number of thiophene rings is 1. The SMILES string of the molecule is CCc1cc2c(s1)CCOC21CCN(Cc2ccc(C(=O)NCC(C)O)nc2)CC1. The van der Waals surface area contributed by atoms with E-state index in [2.05, 4.69) is 28.2 Å². The number of aromatic nitrogens is 1. The molecule has 6 nitrogen and oxygen atoms in total. The van der Waals surface area contributed by atoms with Crippen molar-refractivity contribution >= 4 is 17.2 Å². The van der Waals surface area contributed by atoms with Crippen molar-refractivity contribution in [2.75, 3.05) is 26.2 Å². The molecule has 30 heavy (non-hydrogen) atoms. The van der Waals surface area contributed by atoms with Crippen LogP contribution in [0.5, 0.6) is 0 Å². The third-order valence-corrected chi connectivity index (χ3v) is 7.43. The predicted octanol–water partition coefficient (Wildman–Crippen LogP) is 2.88. The molecule has 1 unspecified atom stereocenters. The van der Waals surface area contributed by atoms with E-state index in [1.165, 1.54) is 15.3 Å². The molecule has 2 aliphatic heterocycles. The van der Waals surface area contributed by atoms with Gasteiger partial charge in [-0.25, -0.2) is 0 Å². The van der Waals surface area contributed by atoms with Crippen molar-refractivity contribution in [1.29, 1.82) is 0 Å². The molecule has 4 heterocycles. The zero-order valence-electron chi connectivity index (χ0n) is 17.8. The van der Waals surface area contributed by atoms with Crippen molar-refractivity contribution in [1.82, 2.24) is 15.2 Å².